The van der Waals surface area contributed by atoms with Crippen LogP contribution in [0.2, 0.25) is 0 Å². The maximum atomic E-state index is 2.52. The molecule has 0 radical (unpaired) electrons. The fraction of sp³-hybridized carbons (Fsp3) is 0.0169. The topological polar surface area (TPSA) is 6.48 Å². The minimum absolute atomic E-state index is 0.575. The van der Waals surface area contributed by atoms with E-state index in [9.17, 15) is 0 Å². The second kappa shape index (κ2) is 14.1. The van der Waals surface area contributed by atoms with Crippen LogP contribution in [-0.4, -0.2) is 0 Å². The molecule has 0 saturated carbocycles. The maximum absolute atomic E-state index is 2.52. The summed E-state index contributed by atoms with van der Waals surface area (Å²) in [4.78, 5) is 4.97. The Morgan fingerprint density at radius 3 is 1.59 bits per heavy atom. The Kier molecular flexibility index (Phi) is 8.11. The SMILES string of the molecule is c1ccc(-c2ccccc2-c2ccccc2N(c2ccc3ccccc3c2)c2cccc3c2-c2ccccc2C32c3ccccc3N(c3ccccc3)c3ccccc32)cc1. The Morgan fingerprint density at radius 2 is 0.852 bits per heavy atom. The molecular formula is C59H40N2. The predicted octanol–water partition coefficient (Wildman–Crippen LogP) is 15.8. The highest BCUT2D eigenvalue weighted by molar-refractivity contribution is 6.04. The van der Waals surface area contributed by atoms with E-state index in [1.165, 1.54) is 77.8 Å². The molecule has 0 fully saturated rings. The van der Waals surface area contributed by atoms with Crippen molar-refractivity contribution in [3.63, 3.8) is 0 Å². The van der Waals surface area contributed by atoms with Gasteiger partial charge in [0.05, 0.1) is 28.2 Å². The minimum Gasteiger partial charge on any atom is -0.310 e. The van der Waals surface area contributed by atoms with Gasteiger partial charge in [-0.1, -0.05) is 194 Å². The Morgan fingerprint density at radius 1 is 0.328 bits per heavy atom. The van der Waals surface area contributed by atoms with Crippen LogP contribution in [0.3, 0.4) is 0 Å². The molecule has 286 valence electrons. The standard InChI is InChI=1S/C59H40N2/c1-3-21-42(22-4-1)46-26-9-10-27-47(46)48-28-12-16-34-54(48)61(45-39-38-41-20-7-8-23-43(41)40-45)57-37-19-33-53-58(57)49-29-11-13-30-50(49)59(53)51-31-14-17-35-55(51)60(44-24-5-2-6-25-44)56-36-18-15-32-52(56)59/h1-40H. The molecule has 1 spiro atoms. The molecule has 2 nitrogen and oxygen atoms in total. The first-order valence-corrected chi connectivity index (χ1v) is 21.1. The van der Waals surface area contributed by atoms with Gasteiger partial charge in [0.25, 0.3) is 0 Å². The summed E-state index contributed by atoms with van der Waals surface area (Å²) in [6.07, 6.45) is 0. The van der Waals surface area contributed by atoms with Crippen LogP contribution in [0.15, 0.2) is 243 Å². The van der Waals surface area contributed by atoms with Crippen LogP contribution in [0.5, 0.6) is 0 Å². The fourth-order valence-corrected chi connectivity index (χ4v) is 10.4. The number of hydrogen-bond acceptors (Lipinski definition) is 2. The van der Waals surface area contributed by atoms with E-state index in [1.54, 1.807) is 0 Å². The van der Waals surface area contributed by atoms with Crippen molar-refractivity contribution in [2.75, 3.05) is 9.80 Å². The average Bonchev–Trinajstić information content (AvgIpc) is 3.64. The molecule has 0 aromatic heterocycles. The van der Waals surface area contributed by atoms with Crippen molar-refractivity contribution in [1.29, 1.82) is 0 Å². The normalized spacial score (nSPS) is 13.0. The van der Waals surface area contributed by atoms with Gasteiger partial charge in [-0.15, -0.1) is 0 Å². The van der Waals surface area contributed by atoms with E-state index in [4.69, 9.17) is 0 Å². The second-order valence-electron chi connectivity index (χ2n) is 16.0. The lowest BCUT2D eigenvalue weighted by Gasteiger charge is -2.45. The molecule has 0 bridgehead atoms. The fourth-order valence-electron chi connectivity index (χ4n) is 10.4. The quantitative estimate of drug-likeness (QED) is 0.166. The van der Waals surface area contributed by atoms with Gasteiger partial charge in [0.2, 0.25) is 0 Å². The summed E-state index contributed by atoms with van der Waals surface area (Å²) in [6.45, 7) is 0. The molecule has 1 aliphatic carbocycles. The molecule has 10 aromatic carbocycles. The summed E-state index contributed by atoms with van der Waals surface area (Å²) in [7, 11) is 0. The Bertz CT molecular complexity index is 3230. The molecule has 0 saturated heterocycles. The van der Waals surface area contributed by atoms with E-state index in [0.29, 0.717) is 0 Å². The van der Waals surface area contributed by atoms with Gasteiger partial charge < -0.3 is 9.80 Å². The third-order valence-electron chi connectivity index (χ3n) is 12.8. The van der Waals surface area contributed by atoms with Crippen LogP contribution in [0.1, 0.15) is 22.3 Å². The molecule has 10 aromatic rings. The van der Waals surface area contributed by atoms with Crippen LogP contribution < -0.4 is 9.80 Å². The molecule has 1 aliphatic heterocycles. The highest BCUT2D eigenvalue weighted by Gasteiger charge is 2.52. The number of hydrogen-bond donors (Lipinski definition) is 0. The largest absolute Gasteiger partial charge is 0.310 e. The lowest BCUT2D eigenvalue weighted by molar-refractivity contribution is 0.752. The number of rotatable bonds is 6. The molecule has 0 unspecified atom stereocenters. The van der Waals surface area contributed by atoms with Crippen LogP contribution in [0.4, 0.5) is 34.1 Å². The molecule has 2 aliphatic rings. The van der Waals surface area contributed by atoms with Crippen molar-refractivity contribution in [2.24, 2.45) is 0 Å². The zero-order valence-corrected chi connectivity index (χ0v) is 33.5. The first-order chi connectivity index (χ1) is 30.3. The van der Waals surface area contributed by atoms with E-state index >= 15 is 0 Å². The van der Waals surface area contributed by atoms with Crippen molar-refractivity contribution < 1.29 is 0 Å². The lowest BCUT2D eigenvalue weighted by atomic mass is 9.64. The molecule has 2 heteroatoms. The van der Waals surface area contributed by atoms with Crippen LogP contribution >= 0.6 is 0 Å². The van der Waals surface area contributed by atoms with Gasteiger partial charge in [-0.3, -0.25) is 0 Å². The molecule has 0 N–H and O–H groups in total. The smallest absolute Gasteiger partial charge is 0.0755 e. The summed E-state index contributed by atoms with van der Waals surface area (Å²) in [5.41, 5.74) is 18.7. The van der Waals surface area contributed by atoms with E-state index in [0.717, 1.165) is 22.7 Å². The van der Waals surface area contributed by atoms with Gasteiger partial charge >= 0.3 is 0 Å². The van der Waals surface area contributed by atoms with Gasteiger partial charge in [-0.05, 0) is 104 Å². The third-order valence-corrected chi connectivity index (χ3v) is 12.8. The molecule has 12 rings (SSSR count). The van der Waals surface area contributed by atoms with Crippen molar-refractivity contribution in [3.05, 3.63) is 265 Å². The summed E-state index contributed by atoms with van der Waals surface area (Å²) >= 11 is 0. The molecular weight excluding hydrogens is 737 g/mol. The van der Waals surface area contributed by atoms with Crippen LogP contribution in [0.25, 0.3) is 44.2 Å². The summed E-state index contributed by atoms with van der Waals surface area (Å²) in [6, 6.07) is 89.2. The van der Waals surface area contributed by atoms with Crippen molar-refractivity contribution in [2.45, 2.75) is 5.41 Å². The van der Waals surface area contributed by atoms with E-state index in [2.05, 4.69) is 252 Å². The van der Waals surface area contributed by atoms with Gasteiger partial charge in [0.1, 0.15) is 0 Å². The van der Waals surface area contributed by atoms with Gasteiger partial charge in [-0.2, -0.15) is 0 Å². The Hall–Kier alpha value is -7.94. The Balaban J connectivity index is 1.17. The van der Waals surface area contributed by atoms with E-state index in [1.807, 2.05) is 0 Å². The van der Waals surface area contributed by atoms with Crippen LogP contribution in [0, 0.1) is 0 Å². The predicted molar refractivity (Wildman–Crippen MR) is 255 cm³/mol. The summed E-state index contributed by atoms with van der Waals surface area (Å²) in [5.74, 6) is 0. The molecule has 0 atom stereocenters. The van der Waals surface area contributed by atoms with Gasteiger partial charge in [-0.25, -0.2) is 0 Å². The van der Waals surface area contributed by atoms with Gasteiger partial charge in [0, 0.05) is 22.5 Å². The number of benzene rings is 10. The number of nitrogens with zero attached hydrogens (tertiary/aromatic N) is 2. The van der Waals surface area contributed by atoms with E-state index in [-0.39, 0.29) is 0 Å². The van der Waals surface area contributed by atoms with Crippen LogP contribution in [-0.2, 0) is 5.41 Å². The molecule has 1 heterocycles. The highest BCUT2D eigenvalue weighted by Crippen LogP contribution is 2.65. The first-order valence-electron chi connectivity index (χ1n) is 21.1. The maximum Gasteiger partial charge on any atom is 0.0755 e. The first kappa shape index (κ1) is 35.0. The highest BCUT2D eigenvalue weighted by atomic mass is 15.2. The van der Waals surface area contributed by atoms with Crippen molar-refractivity contribution in [3.8, 4) is 33.4 Å². The van der Waals surface area contributed by atoms with Crippen molar-refractivity contribution in [1.82, 2.24) is 0 Å². The van der Waals surface area contributed by atoms with E-state index < -0.39 is 5.41 Å². The third kappa shape index (κ3) is 5.29. The van der Waals surface area contributed by atoms with Crippen molar-refractivity contribution >= 4 is 44.9 Å². The number of fused-ring (bicyclic) bond motifs is 10. The summed E-state index contributed by atoms with van der Waals surface area (Å²) < 4.78 is 0. The lowest BCUT2D eigenvalue weighted by Crippen LogP contribution is -2.36. The number of anilines is 6. The second-order valence-corrected chi connectivity index (χ2v) is 16.0. The minimum atomic E-state index is -0.575. The number of para-hydroxylation sites is 4. The molecule has 0 amide bonds. The van der Waals surface area contributed by atoms with Gasteiger partial charge in [0.15, 0.2) is 0 Å². The molecule has 61 heavy (non-hydrogen) atoms. The summed E-state index contributed by atoms with van der Waals surface area (Å²) in [5, 5.41) is 2.42. The average molecular weight is 777 g/mol. The monoisotopic (exact) mass is 776 g/mol. The zero-order valence-electron chi connectivity index (χ0n) is 33.5. The zero-order chi connectivity index (χ0) is 40.3. The Labute approximate surface area is 356 Å².